The summed E-state index contributed by atoms with van der Waals surface area (Å²) in [6.45, 7) is 4.30. The van der Waals surface area contributed by atoms with Gasteiger partial charge in [-0.25, -0.2) is 0 Å². The Hall–Kier alpha value is -3.79. The molecule has 234 valence electrons. The maximum absolute atomic E-state index is 2.26. The van der Waals surface area contributed by atoms with Gasteiger partial charge >= 0.3 is 25.8 Å². The first kappa shape index (κ1) is 38.7. The molecule has 0 atom stereocenters. The normalized spacial score (nSPS) is 9.88. The first-order valence-electron chi connectivity index (χ1n) is 15.4. The molecule has 0 heterocycles. The fourth-order valence-electron chi connectivity index (χ4n) is 5.72. The van der Waals surface area contributed by atoms with E-state index in [1.807, 2.05) is 0 Å². The molecule has 0 aliphatic heterocycles. The van der Waals surface area contributed by atoms with Crippen molar-refractivity contribution in [1.29, 1.82) is 0 Å². The predicted molar refractivity (Wildman–Crippen MR) is 197 cm³/mol. The summed E-state index contributed by atoms with van der Waals surface area (Å²) in [6, 6.07) is 64.3. The van der Waals surface area contributed by atoms with Crippen molar-refractivity contribution in [2.75, 3.05) is 0 Å². The molecule has 0 aliphatic carbocycles. The number of hydrogen-bond donors (Lipinski definition) is 0. The van der Waals surface area contributed by atoms with Crippen LogP contribution in [-0.4, -0.2) is 9.52 Å². The SMILES string of the molecule is Cc1cc2c(-c3ccccc3)cccc2[cH-]1.Cc1cc2c(-c3ccccc3)cccc2[cH-]1.[Cl-].[Cl-].[Hf+4].c1ccc([Si]c2ccccc2)cc1. The van der Waals surface area contributed by atoms with E-state index in [0.717, 1.165) is 9.52 Å². The second-order valence-corrected chi connectivity index (χ2v) is 12.7. The predicted octanol–water partition coefficient (Wildman–Crippen LogP) is 4.42. The molecule has 8 aromatic carbocycles. The zero-order chi connectivity index (χ0) is 30.8. The van der Waals surface area contributed by atoms with Gasteiger partial charge in [0.05, 0.1) is 0 Å². The van der Waals surface area contributed by atoms with Gasteiger partial charge in [-0.05, 0) is 11.1 Å². The standard InChI is InChI=1S/2C16H13.C12H10Si.2ClH.Hf/c2*1-12-10-14-8-5-9-15(16(14)11-12)13-6-3-2-4-7-13;1-3-7-11(8-4-1)13-12-9-5-2-6-10-12;;;/h2*2-11H,1H3;1-10H;2*1H;/q2*-1;;;;+4/p-2. The van der Waals surface area contributed by atoms with Crippen LogP contribution in [0.15, 0.2) is 182 Å². The van der Waals surface area contributed by atoms with Gasteiger partial charge in [-0.15, -0.1) is 69.1 Å². The van der Waals surface area contributed by atoms with Crippen LogP contribution in [0.4, 0.5) is 0 Å². The summed E-state index contributed by atoms with van der Waals surface area (Å²) in [5.41, 5.74) is 7.89. The van der Waals surface area contributed by atoms with Crippen molar-refractivity contribution < 1.29 is 50.7 Å². The molecule has 0 spiro atoms. The first-order valence-corrected chi connectivity index (χ1v) is 16.4. The van der Waals surface area contributed by atoms with E-state index in [2.05, 4.69) is 196 Å². The third-order valence-corrected chi connectivity index (χ3v) is 9.04. The van der Waals surface area contributed by atoms with Crippen LogP contribution in [0.2, 0.25) is 0 Å². The second kappa shape index (κ2) is 19.3. The Balaban J connectivity index is 0.000000191. The van der Waals surface area contributed by atoms with E-state index in [1.54, 1.807) is 0 Å². The van der Waals surface area contributed by atoms with Gasteiger partial charge < -0.3 is 24.8 Å². The Bertz CT molecular complexity index is 1930. The second-order valence-electron chi connectivity index (χ2n) is 11.3. The minimum absolute atomic E-state index is 0. The van der Waals surface area contributed by atoms with Crippen LogP contribution in [-0.2, 0) is 25.8 Å². The summed E-state index contributed by atoms with van der Waals surface area (Å²) in [7, 11) is 0.777. The Kier molecular flexibility index (Phi) is 15.5. The number of rotatable bonds is 4. The van der Waals surface area contributed by atoms with Crippen molar-refractivity contribution in [3.8, 4) is 22.3 Å². The monoisotopic (exact) mass is 842 g/mol. The topological polar surface area (TPSA) is 0 Å². The van der Waals surface area contributed by atoms with E-state index in [1.165, 1.54) is 65.3 Å². The van der Waals surface area contributed by atoms with Crippen LogP contribution in [0.5, 0.6) is 0 Å². The zero-order valence-corrected chi connectivity index (χ0v) is 33.2. The molecule has 8 aromatic rings. The molecule has 0 unspecified atom stereocenters. The van der Waals surface area contributed by atoms with Crippen molar-refractivity contribution in [2.45, 2.75) is 13.8 Å². The third-order valence-electron chi connectivity index (χ3n) is 7.80. The van der Waals surface area contributed by atoms with Crippen LogP contribution in [0.25, 0.3) is 43.8 Å². The molecule has 0 saturated carbocycles. The molecular weight excluding hydrogens is 806 g/mol. The molecule has 2 radical (unpaired) electrons. The quantitative estimate of drug-likeness (QED) is 0.182. The van der Waals surface area contributed by atoms with Crippen LogP contribution in [0.3, 0.4) is 0 Å². The summed E-state index contributed by atoms with van der Waals surface area (Å²) in [6.07, 6.45) is 0. The molecule has 4 heteroatoms. The molecule has 0 saturated heterocycles. The van der Waals surface area contributed by atoms with E-state index in [-0.39, 0.29) is 50.7 Å². The van der Waals surface area contributed by atoms with Gasteiger partial charge in [0.15, 0.2) is 0 Å². The third kappa shape index (κ3) is 10.1. The van der Waals surface area contributed by atoms with Gasteiger partial charge in [0.2, 0.25) is 0 Å². The first-order chi connectivity index (χ1) is 22.1. The Morgan fingerprint density at radius 3 is 1.08 bits per heavy atom. The number of fused-ring (bicyclic) bond motifs is 2. The van der Waals surface area contributed by atoms with Gasteiger partial charge in [0.25, 0.3) is 0 Å². The zero-order valence-electron chi connectivity index (χ0n) is 27.1. The molecule has 8 rings (SSSR count). The minimum atomic E-state index is 0. The summed E-state index contributed by atoms with van der Waals surface area (Å²) >= 11 is 0. The van der Waals surface area contributed by atoms with Crippen molar-refractivity contribution in [3.63, 3.8) is 0 Å². The van der Waals surface area contributed by atoms with Gasteiger partial charge in [0, 0.05) is 0 Å². The fraction of sp³-hybridized carbons (Fsp3) is 0.0455. The van der Waals surface area contributed by atoms with Crippen LogP contribution < -0.4 is 35.2 Å². The Morgan fingerprint density at radius 1 is 0.396 bits per heavy atom. The molecular formula is C44H36Cl2HfSi. The van der Waals surface area contributed by atoms with Crippen molar-refractivity contribution >= 4 is 41.4 Å². The van der Waals surface area contributed by atoms with Crippen molar-refractivity contribution in [3.05, 3.63) is 193 Å². The van der Waals surface area contributed by atoms with Crippen LogP contribution >= 0.6 is 0 Å². The smallest absolute Gasteiger partial charge is 1.00 e. The van der Waals surface area contributed by atoms with E-state index in [4.69, 9.17) is 0 Å². The summed E-state index contributed by atoms with van der Waals surface area (Å²) < 4.78 is 0. The molecule has 0 aromatic heterocycles. The number of aryl methyl sites for hydroxylation is 2. The average Bonchev–Trinajstić information content (AvgIpc) is 3.68. The average molecular weight is 842 g/mol. The van der Waals surface area contributed by atoms with Crippen LogP contribution in [0, 0.1) is 13.8 Å². The molecule has 0 amide bonds. The number of halogens is 2. The van der Waals surface area contributed by atoms with Gasteiger partial charge in [0.1, 0.15) is 9.52 Å². The van der Waals surface area contributed by atoms with Crippen molar-refractivity contribution in [2.24, 2.45) is 0 Å². The van der Waals surface area contributed by atoms with Crippen molar-refractivity contribution in [1.82, 2.24) is 0 Å². The summed E-state index contributed by atoms with van der Waals surface area (Å²) in [4.78, 5) is 0. The molecule has 0 N–H and O–H groups in total. The van der Waals surface area contributed by atoms with E-state index in [0.29, 0.717) is 0 Å². The van der Waals surface area contributed by atoms with Crippen LogP contribution in [0.1, 0.15) is 11.1 Å². The molecule has 48 heavy (non-hydrogen) atoms. The fourth-order valence-corrected chi connectivity index (χ4v) is 6.77. The molecule has 0 bridgehead atoms. The maximum Gasteiger partial charge on any atom is 4.00 e. The van der Waals surface area contributed by atoms with E-state index >= 15 is 0 Å². The molecule has 0 nitrogen and oxygen atoms in total. The maximum atomic E-state index is 2.26. The Labute approximate surface area is 319 Å². The minimum Gasteiger partial charge on any atom is -1.00 e. The summed E-state index contributed by atoms with van der Waals surface area (Å²) in [5, 5.41) is 8.16. The largest absolute Gasteiger partial charge is 4.00 e. The summed E-state index contributed by atoms with van der Waals surface area (Å²) in [5.74, 6) is 0. The molecule has 0 fully saturated rings. The molecule has 0 aliphatic rings. The van der Waals surface area contributed by atoms with Gasteiger partial charge in [-0.2, -0.15) is 12.1 Å². The van der Waals surface area contributed by atoms with E-state index in [9.17, 15) is 0 Å². The van der Waals surface area contributed by atoms with Gasteiger partial charge in [-0.1, -0.05) is 169 Å². The van der Waals surface area contributed by atoms with Gasteiger partial charge in [-0.3, -0.25) is 0 Å². The number of hydrogen-bond acceptors (Lipinski definition) is 0. The van der Waals surface area contributed by atoms with E-state index < -0.39 is 0 Å². The Morgan fingerprint density at radius 2 is 0.729 bits per heavy atom. The number of benzene rings is 6.